The normalized spacial score (nSPS) is 21.1. The Bertz CT molecular complexity index is 1350. The Hall–Kier alpha value is -3.97. The molecule has 0 bridgehead atoms. The van der Waals surface area contributed by atoms with Crippen LogP contribution in [-0.4, -0.2) is 54.3 Å². The number of piperazine rings is 1. The van der Waals surface area contributed by atoms with E-state index in [0.29, 0.717) is 17.5 Å². The minimum absolute atomic E-state index is 0.0354. The molecule has 3 aromatic carbocycles. The highest BCUT2D eigenvalue weighted by Gasteiger charge is 2.41. The lowest BCUT2D eigenvalue weighted by atomic mass is 9.66. The van der Waals surface area contributed by atoms with E-state index in [2.05, 4.69) is 39.3 Å². The summed E-state index contributed by atoms with van der Waals surface area (Å²) in [4.78, 5) is 27.2. The van der Waals surface area contributed by atoms with Gasteiger partial charge in [-0.15, -0.1) is 0 Å². The molecule has 2 unspecified atom stereocenters. The van der Waals surface area contributed by atoms with Gasteiger partial charge in [0.25, 0.3) is 0 Å². The third-order valence-electron chi connectivity index (χ3n) is 8.29. The Morgan fingerprint density at radius 3 is 2.36 bits per heavy atom. The molecular formula is C32H36N4O3. The van der Waals surface area contributed by atoms with Gasteiger partial charge in [0, 0.05) is 35.4 Å². The van der Waals surface area contributed by atoms with Crippen LogP contribution in [0, 0.1) is 5.92 Å². The number of rotatable bonds is 8. The molecule has 1 fully saturated rings. The highest BCUT2D eigenvalue weighted by atomic mass is 16.4. The number of hydrazone groups is 1. The second-order valence-corrected chi connectivity index (χ2v) is 10.6. The molecule has 0 amide bonds. The van der Waals surface area contributed by atoms with E-state index in [-0.39, 0.29) is 18.1 Å². The number of nitrogens with two attached hydrogens (primary N) is 1. The van der Waals surface area contributed by atoms with Crippen molar-refractivity contribution in [2.75, 3.05) is 31.1 Å². The van der Waals surface area contributed by atoms with Gasteiger partial charge in [-0.1, -0.05) is 61.5 Å². The molecule has 39 heavy (non-hydrogen) atoms. The van der Waals surface area contributed by atoms with Crippen molar-refractivity contribution in [2.45, 2.75) is 38.1 Å². The van der Waals surface area contributed by atoms with Crippen LogP contribution in [0.3, 0.4) is 0 Å². The number of hydrogen-bond acceptors (Lipinski definition) is 6. The second kappa shape index (κ2) is 11.4. The number of para-hydroxylation sites is 1. The average Bonchev–Trinajstić information content (AvgIpc) is 2.98. The van der Waals surface area contributed by atoms with Crippen molar-refractivity contribution in [1.82, 2.24) is 5.01 Å². The van der Waals surface area contributed by atoms with E-state index in [9.17, 15) is 14.7 Å². The van der Waals surface area contributed by atoms with Crippen molar-refractivity contribution in [2.24, 2.45) is 16.8 Å². The van der Waals surface area contributed by atoms with E-state index < -0.39 is 11.5 Å². The highest BCUT2D eigenvalue weighted by Crippen LogP contribution is 2.42. The number of carbonyl (C=O) groups is 2. The number of carboxylic acids is 1. The second-order valence-electron chi connectivity index (χ2n) is 10.6. The summed E-state index contributed by atoms with van der Waals surface area (Å²) in [5.41, 5.74) is 11.4. The van der Waals surface area contributed by atoms with Crippen LogP contribution in [0.4, 0.5) is 5.69 Å². The Labute approximate surface area is 229 Å². The SMILES string of the molecule is CCC1(N)c2cc(C(=O)c3ccc(C=NN4CCN(c5ccccc5)CC4)cc3)ccc2CCC1CC(=O)O. The summed E-state index contributed by atoms with van der Waals surface area (Å²) in [6, 6.07) is 23.7. The van der Waals surface area contributed by atoms with Crippen LogP contribution in [0.25, 0.3) is 0 Å². The molecule has 3 aromatic rings. The number of ketones is 1. The van der Waals surface area contributed by atoms with Crippen LogP contribution in [0.5, 0.6) is 0 Å². The van der Waals surface area contributed by atoms with Gasteiger partial charge in [0.15, 0.2) is 5.78 Å². The van der Waals surface area contributed by atoms with E-state index in [4.69, 9.17) is 5.73 Å². The van der Waals surface area contributed by atoms with E-state index in [1.807, 2.05) is 61.7 Å². The van der Waals surface area contributed by atoms with Gasteiger partial charge in [-0.3, -0.25) is 14.6 Å². The molecule has 202 valence electrons. The molecule has 0 aromatic heterocycles. The summed E-state index contributed by atoms with van der Waals surface area (Å²) in [5, 5.41) is 16.1. The summed E-state index contributed by atoms with van der Waals surface area (Å²) in [7, 11) is 0. The van der Waals surface area contributed by atoms with Crippen molar-refractivity contribution < 1.29 is 14.7 Å². The maximum atomic E-state index is 13.4. The smallest absolute Gasteiger partial charge is 0.303 e. The summed E-state index contributed by atoms with van der Waals surface area (Å²) < 4.78 is 0. The summed E-state index contributed by atoms with van der Waals surface area (Å²) in [5.74, 6) is -1.06. The van der Waals surface area contributed by atoms with Crippen molar-refractivity contribution in [3.05, 3.63) is 101 Å². The fourth-order valence-corrected chi connectivity index (χ4v) is 5.89. The molecule has 1 saturated heterocycles. The van der Waals surface area contributed by atoms with Gasteiger partial charge in [0.05, 0.1) is 25.7 Å². The zero-order valence-electron chi connectivity index (χ0n) is 22.4. The van der Waals surface area contributed by atoms with Crippen molar-refractivity contribution in [1.29, 1.82) is 0 Å². The van der Waals surface area contributed by atoms with Crippen molar-refractivity contribution in [3.63, 3.8) is 0 Å². The molecule has 1 aliphatic heterocycles. The zero-order valence-corrected chi connectivity index (χ0v) is 22.4. The van der Waals surface area contributed by atoms with Crippen LogP contribution in [0.2, 0.25) is 0 Å². The topological polar surface area (TPSA) is 99.2 Å². The predicted octanol–water partition coefficient (Wildman–Crippen LogP) is 4.67. The fraction of sp³-hybridized carbons (Fsp3) is 0.344. The third kappa shape index (κ3) is 5.73. The molecule has 0 radical (unpaired) electrons. The number of anilines is 1. The molecule has 0 saturated carbocycles. The summed E-state index contributed by atoms with van der Waals surface area (Å²) in [6.45, 7) is 5.55. The van der Waals surface area contributed by atoms with Crippen molar-refractivity contribution in [3.8, 4) is 0 Å². The van der Waals surface area contributed by atoms with E-state index in [1.165, 1.54) is 5.69 Å². The van der Waals surface area contributed by atoms with Crippen LogP contribution < -0.4 is 10.6 Å². The van der Waals surface area contributed by atoms with E-state index >= 15 is 0 Å². The molecule has 1 aliphatic carbocycles. The molecule has 3 N–H and O–H groups in total. The Morgan fingerprint density at radius 1 is 1.00 bits per heavy atom. The first kappa shape index (κ1) is 26.6. The van der Waals surface area contributed by atoms with Gasteiger partial charge in [-0.05, 0) is 60.1 Å². The number of aliphatic carboxylic acids is 1. The summed E-state index contributed by atoms with van der Waals surface area (Å²) >= 11 is 0. The average molecular weight is 525 g/mol. The van der Waals surface area contributed by atoms with Gasteiger partial charge >= 0.3 is 5.97 Å². The molecule has 5 rings (SSSR count). The fourth-order valence-electron chi connectivity index (χ4n) is 5.89. The molecule has 7 nitrogen and oxygen atoms in total. The molecule has 2 atom stereocenters. The lowest BCUT2D eigenvalue weighted by Crippen LogP contribution is -2.47. The minimum Gasteiger partial charge on any atom is -0.481 e. The van der Waals surface area contributed by atoms with Crippen LogP contribution >= 0.6 is 0 Å². The van der Waals surface area contributed by atoms with E-state index in [1.54, 1.807) is 0 Å². The predicted molar refractivity (Wildman–Crippen MR) is 154 cm³/mol. The maximum Gasteiger partial charge on any atom is 0.303 e. The minimum atomic E-state index is -0.836. The Kier molecular flexibility index (Phi) is 7.79. The quantitative estimate of drug-likeness (QED) is 0.328. The number of hydrogen-bond donors (Lipinski definition) is 2. The largest absolute Gasteiger partial charge is 0.481 e. The molecular weight excluding hydrogens is 488 g/mol. The monoisotopic (exact) mass is 524 g/mol. The van der Waals surface area contributed by atoms with Crippen LogP contribution in [0.1, 0.15) is 58.8 Å². The number of nitrogens with zero attached hydrogens (tertiary/aromatic N) is 3. The lowest BCUT2D eigenvalue weighted by molar-refractivity contribution is -0.139. The first-order valence-corrected chi connectivity index (χ1v) is 13.7. The van der Waals surface area contributed by atoms with Gasteiger partial charge in [0.1, 0.15) is 0 Å². The van der Waals surface area contributed by atoms with Gasteiger partial charge in [-0.2, -0.15) is 5.10 Å². The lowest BCUT2D eigenvalue weighted by Gasteiger charge is -2.42. The highest BCUT2D eigenvalue weighted by molar-refractivity contribution is 6.09. The zero-order chi connectivity index (χ0) is 27.4. The van der Waals surface area contributed by atoms with Crippen LogP contribution in [0.15, 0.2) is 77.9 Å². The molecule has 7 heteroatoms. The maximum absolute atomic E-state index is 13.4. The van der Waals surface area contributed by atoms with Crippen molar-refractivity contribution >= 4 is 23.7 Å². The molecule has 2 aliphatic rings. The standard InChI is InChI=1S/C32H36N4O3/c1-2-32(33)27(21-30(37)38)15-14-24-12-13-26(20-29(24)32)31(39)25-10-8-23(9-11-25)22-34-36-18-16-35(17-19-36)28-6-4-3-5-7-28/h3-13,20,22,27H,2,14-19,21,33H2,1H3,(H,37,38). The first-order chi connectivity index (χ1) is 18.9. The summed E-state index contributed by atoms with van der Waals surface area (Å²) in [6.07, 6.45) is 4.01. The Morgan fingerprint density at radius 2 is 1.69 bits per heavy atom. The number of aryl methyl sites for hydroxylation is 1. The van der Waals surface area contributed by atoms with Gasteiger partial charge < -0.3 is 15.7 Å². The third-order valence-corrected chi connectivity index (χ3v) is 8.29. The first-order valence-electron chi connectivity index (χ1n) is 13.7. The molecule has 1 heterocycles. The number of fused-ring (bicyclic) bond motifs is 1. The Balaban J connectivity index is 1.25. The van der Waals surface area contributed by atoms with E-state index in [0.717, 1.165) is 55.7 Å². The van der Waals surface area contributed by atoms with Gasteiger partial charge in [0.2, 0.25) is 0 Å². The number of benzene rings is 3. The number of carboxylic acid groups (broad SMARTS) is 1. The van der Waals surface area contributed by atoms with Gasteiger partial charge in [-0.25, -0.2) is 0 Å². The number of carbonyl (C=O) groups excluding carboxylic acids is 1. The molecule has 0 spiro atoms. The van der Waals surface area contributed by atoms with Crippen LogP contribution in [-0.2, 0) is 16.8 Å².